The van der Waals surface area contributed by atoms with E-state index < -0.39 is 6.10 Å². The third kappa shape index (κ3) is 8.49. The molecule has 0 radical (unpaired) electrons. The van der Waals surface area contributed by atoms with Crippen molar-refractivity contribution in [1.82, 2.24) is 5.32 Å². The Balaban J connectivity index is 0. The molecule has 1 aromatic carbocycles. The van der Waals surface area contributed by atoms with Gasteiger partial charge in [-0.05, 0) is 51.0 Å². The van der Waals surface area contributed by atoms with E-state index >= 15 is 0 Å². The zero-order valence-corrected chi connectivity index (χ0v) is 14.8. The first-order valence-corrected chi connectivity index (χ1v) is 6.77. The summed E-state index contributed by atoms with van der Waals surface area (Å²) >= 11 is 0. The van der Waals surface area contributed by atoms with Gasteiger partial charge in [-0.1, -0.05) is 6.07 Å². The van der Waals surface area contributed by atoms with Gasteiger partial charge in [0.25, 0.3) is 0 Å². The molecule has 0 fully saturated rings. The van der Waals surface area contributed by atoms with Gasteiger partial charge in [-0.15, -0.1) is 24.8 Å². The first-order chi connectivity index (χ1) is 8.85. The molecule has 0 aromatic heterocycles. The van der Waals surface area contributed by atoms with Gasteiger partial charge in [0.1, 0.15) is 0 Å². The highest BCUT2D eigenvalue weighted by Crippen LogP contribution is 2.21. The Morgan fingerprint density at radius 2 is 1.76 bits per heavy atom. The van der Waals surface area contributed by atoms with Crippen LogP contribution in [0.5, 0.6) is 0 Å². The molecule has 4 nitrogen and oxygen atoms in total. The molecule has 1 unspecified atom stereocenters. The van der Waals surface area contributed by atoms with E-state index in [4.69, 9.17) is 0 Å². The van der Waals surface area contributed by atoms with E-state index in [0.29, 0.717) is 6.54 Å². The molecule has 0 spiro atoms. The molecule has 21 heavy (non-hydrogen) atoms. The Morgan fingerprint density at radius 1 is 1.14 bits per heavy atom. The van der Waals surface area contributed by atoms with Gasteiger partial charge in [-0.2, -0.15) is 0 Å². The van der Waals surface area contributed by atoms with Gasteiger partial charge in [0.2, 0.25) is 0 Å². The lowest BCUT2D eigenvalue weighted by Crippen LogP contribution is -2.38. The van der Waals surface area contributed by atoms with E-state index in [0.717, 1.165) is 23.4 Å². The Hall–Kier alpha value is -0.520. The van der Waals surface area contributed by atoms with Crippen molar-refractivity contribution in [2.45, 2.75) is 45.9 Å². The summed E-state index contributed by atoms with van der Waals surface area (Å²) in [5.41, 5.74) is 2.53. The fraction of sp³-hybridized carbons (Fsp3) is 0.600. The second-order valence-corrected chi connectivity index (χ2v) is 5.80. The SMILES string of the molecule is CCNc1cc(CO)cc(C(O)CNC(C)(C)C)c1.Cl.Cl. The van der Waals surface area contributed by atoms with Crippen molar-refractivity contribution in [3.63, 3.8) is 0 Å². The monoisotopic (exact) mass is 338 g/mol. The van der Waals surface area contributed by atoms with E-state index in [-0.39, 0.29) is 37.0 Å². The number of hydrogen-bond acceptors (Lipinski definition) is 4. The highest BCUT2D eigenvalue weighted by atomic mass is 35.5. The van der Waals surface area contributed by atoms with Crippen LogP contribution in [0.2, 0.25) is 0 Å². The summed E-state index contributed by atoms with van der Waals surface area (Å²) in [6, 6.07) is 5.67. The Morgan fingerprint density at radius 3 is 2.24 bits per heavy atom. The minimum absolute atomic E-state index is 0. The molecule has 1 atom stereocenters. The maximum Gasteiger partial charge on any atom is 0.0915 e. The molecular weight excluding hydrogens is 311 g/mol. The van der Waals surface area contributed by atoms with Gasteiger partial charge in [0.15, 0.2) is 0 Å². The van der Waals surface area contributed by atoms with Crippen LogP contribution in [0.25, 0.3) is 0 Å². The highest BCUT2D eigenvalue weighted by Gasteiger charge is 2.14. The summed E-state index contributed by atoms with van der Waals surface area (Å²) in [7, 11) is 0. The number of aliphatic hydroxyl groups excluding tert-OH is 2. The third-order valence-electron chi connectivity index (χ3n) is 2.79. The average molecular weight is 339 g/mol. The number of anilines is 1. The topological polar surface area (TPSA) is 64.5 Å². The molecule has 0 saturated carbocycles. The zero-order chi connectivity index (χ0) is 14.5. The Kier molecular flexibility index (Phi) is 11.1. The van der Waals surface area contributed by atoms with Gasteiger partial charge < -0.3 is 20.8 Å². The molecule has 4 N–H and O–H groups in total. The average Bonchev–Trinajstić information content (AvgIpc) is 2.35. The second-order valence-electron chi connectivity index (χ2n) is 5.80. The zero-order valence-electron chi connectivity index (χ0n) is 13.1. The van der Waals surface area contributed by atoms with Crippen LogP contribution in [0.4, 0.5) is 5.69 Å². The van der Waals surface area contributed by atoms with Crippen molar-refractivity contribution in [2.75, 3.05) is 18.4 Å². The van der Waals surface area contributed by atoms with Gasteiger partial charge in [0, 0.05) is 24.3 Å². The fourth-order valence-corrected chi connectivity index (χ4v) is 1.83. The number of benzene rings is 1. The van der Waals surface area contributed by atoms with Gasteiger partial charge in [-0.3, -0.25) is 0 Å². The molecule has 0 saturated heterocycles. The summed E-state index contributed by atoms with van der Waals surface area (Å²) in [5.74, 6) is 0. The molecule has 0 aliphatic carbocycles. The van der Waals surface area contributed by atoms with Crippen molar-refractivity contribution < 1.29 is 10.2 Å². The molecule has 0 heterocycles. The minimum Gasteiger partial charge on any atom is -0.392 e. The largest absolute Gasteiger partial charge is 0.392 e. The number of β-amino-alcohol motifs (C(OH)–C–C–N with tert-alkyl or cyclic N) is 1. The van der Waals surface area contributed by atoms with E-state index in [2.05, 4.69) is 31.4 Å². The molecule has 124 valence electrons. The smallest absolute Gasteiger partial charge is 0.0915 e. The molecule has 1 rings (SSSR count). The fourth-order valence-electron chi connectivity index (χ4n) is 1.83. The minimum atomic E-state index is -0.580. The van der Waals surface area contributed by atoms with Crippen LogP contribution < -0.4 is 10.6 Å². The molecule has 0 amide bonds. The summed E-state index contributed by atoms with van der Waals surface area (Å²) < 4.78 is 0. The van der Waals surface area contributed by atoms with Gasteiger partial charge in [-0.25, -0.2) is 0 Å². The van der Waals surface area contributed by atoms with E-state index in [1.165, 1.54) is 0 Å². The quantitative estimate of drug-likeness (QED) is 0.644. The number of halogens is 2. The summed E-state index contributed by atoms with van der Waals surface area (Å²) in [4.78, 5) is 0. The van der Waals surface area contributed by atoms with Crippen LogP contribution in [0.15, 0.2) is 18.2 Å². The van der Waals surface area contributed by atoms with Crippen LogP contribution in [0, 0.1) is 0 Å². The standard InChI is InChI=1S/C15H26N2O2.2ClH/c1-5-16-13-7-11(10-18)6-12(8-13)14(19)9-17-15(2,3)4;;/h6-8,14,16-19H,5,9-10H2,1-4H3;2*1H. The first-order valence-electron chi connectivity index (χ1n) is 6.77. The van der Waals surface area contributed by atoms with E-state index in [9.17, 15) is 10.2 Å². The lowest BCUT2D eigenvalue weighted by molar-refractivity contribution is 0.163. The van der Waals surface area contributed by atoms with Crippen LogP contribution in [-0.2, 0) is 6.61 Å². The Labute approximate surface area is 140 Å². The summed E-state index contributed by atoms with van der Waals surface area (Å²) in [5, 5.41) is 26.0. The molecule has 0 aliphatic heterocycles. The number of rotatable bonds is 6. The van der Waals surface area contributed by atoms with Crippen LogP contribution in [0.3, 0.4) is 0 Å². The molecule has 6 heteroatoms. The summed E-state index contributed by atoms with van der Waals surface area (Å²) in [6.07, 6.45) is -0.580. The highest BCUT2D eigenvalue weighted by molar-refractivity contribution is 5.85. The third-order valence-corrected chi connectivity index (χ3v) is 2.79. The lowest BCUT2D eigenvalue weighted by atomic mass is 10.0. The predicted octanol–water partition coefficient (Wildman–Crippen LogP) is 2.88. The van der Waals surface area contributed by atoms with Crippen molar-refractivity contribution in [3.05, 3.63) is 29.3 Å². The maximum atomic E-state index is 10.2. The van der Waals surface area contributed by atoms with Crippen molar-refractivity contribution in [1.29, 1.82) is 0 Å². The normalized spacial score (nSPS) is 12.1. The number of nitrogens with one attached hydrogen (secondary N) is 2. The molecule has 0 bridgehead atoms. The first kappa shape index (κ1) is 22.8. The summed E-state index contributed by atoms with van der Waals surface area (Å²) in [6.45, 7) is 9.49. The number of hydrogen-bond donors (Lipinski definition) is 4. The van der Waals surface area contributed by atoms with Crippen LogP contribution >= 0.6 is 24.8 Å². The lowest BCUT2D eigenvalue weighted by Gasteiger charge is -2.23. The van der Waals surface area contributed by atoms with Crippen LogP contribution in [-0.4, -0.2) is 28.8 Å². The van der Waals surface area contributed by atoms with E-state index in [1.54, 1.807) is 0 Å². The van der Waals surface area contributed by atoms with Gasteiger partial charge >= 0.3 is 0 Å². The van der Waals surface area contributed by atoms with Crippen molar-refractivity contribution >= 4 is 30.5 Å². The molecular formula is C15H28Cl2N2O2. The van der Waals surface area contributed by atoms with Crippen LogP contribution in [0.1, 0.15) is 44.9 Å². The second kappa shape index (κ2) is 10.2. The molecule has 1 aromatic rings. The maximum absolute atomic E-state index is 10.2. The van der Waals surface area contributed by atoms with Gasteiger partial charge in [0.05, 0.1) is 12.7 Å². The van der Waals surface area contributed by atoms with Crippen molar-refractivity contribution in [3.8, 4) is 0 Å². The number of aliphatic hydroxyl groups is 2. The van der Waals surface area contributed by atoms with E-state index in [1.807, 2.05) is 25.1 Å². The van der Waals surface area contributed by atoms with Crippen molar-refractivity contribution in [2.24, 2.45) is 0 Å². The molecule has 0 aliphatic rings. The predicted molar refractivity (Wildman–Crippen MR) is 93.7 cm³/mol. The Bertz CT molecular complexity index is 409.